The van der Waals surface area contributed by atoms with Crippen LogP contribution in [0.4, 0.5) is 0 Å². The lowest BCUT2D eigenvalue weighted by atomic mass is 9.93. The van der Waals surface area contributed by atoms with Gasteiger partial charge in [-0.2, -0.15) is 0 Å². The zero-order valence-corrected chi connectivity index (χ0v) is 12.7. The highest BCUT2D eigenvalue weighted by molar-refractivity contribution is 5.79. The minimum absolute atomic E-state index is 0.0444. The first-order chi connectivity index (χ1) is 7.72. The molecule has 0 spiro atoms. The van der Waals surface area contributed by atoms with Gasteiger partial charge in [0.25, 0.3) is 0 Å². The Morgan fingerprint density at radius 1 is 1.24 bits per heavy atom. The fourth-order valence-electron chi connectivity index (χ4n) is 2.40. The number of carbonyl (C=O) groups is 1. The zero-order chi connectivity index (χ0) is 13.6. The quantitative estimate of drug-likeness (QED) is 0.685. The highest BCUT2D eigenvalue weighted by Gasteiger charge is 2.32. The molecule has 0 fully saturated rings. The average molecular weight is 242 g/mol. The lowest BCUT2D eigenvalue weighted by molar-refractivity contribution is -0.140. The topological polar surface area (TPSA) is 23.6 Å². The second-order valence-electron chi connectivity index (χ2n) is 6.01. The smallest absolute Gasteiger partial charge is 0.237 e. The third-order valence-electron chi connectivity index (χ3n) is 3.03. The Morgan fingerprint density at radius 2 is 1.76 bits per heavy atom. The average Bonchev–Trinajstić information content (AvgIpc) is 2.12. The Bertz CT molecular complexity index is 234. The summed E-state index contributed by atoms with van der Waals surface area (Å²) in [6.45, 7) is 11.2. The van der Waals surface area contributed by atoms with Gasteiger partial charge in [0.2, 0.25) is 5.91 Å². The van der Waals surface area contributed by atoms with Crippen LogP contribution < -0.4 is 0 Å². The van der Waals surface area contributed by atoms with E-state index in [1.165, 1.54) is 12.8 Å². The summed E-state index contributed by atoms with van der Waals surface area (Å²) in [4.78, 5) is 16.3. The first-order valence-electron chi connectivity index (χ1n) is 6.69. The molecular weight excluding hydrogens is 212 g/mol. The van der Waals surface area contributed by atoms with Crippen molar-refractivity contribution in [1.29, 1.82) is 0 Å². The number of amides is 1. The van der Waals surface area contributed by atoms with Gasteiger partial charge in [0.1, 0.15) is 0 Å². The number of likely N-dealkylation sites (N-methyl/N-ethyl adjacent to an activating group) is 1. The fourth-order valence-corrected chi connectivity index (χ4v) is 2.40. The van der Waals surface area contributed by atoms with Crippen LogP contribution in [0.1, 0.15) is 53.9 Å². The molecule has 0 aliphatic carbocycles. The molecule has 0 saturated heterocycles. The standard InChI is InChI=1S/C14H30N2O/c1-8-9-10-14(4,5)16(12(2)3)13(17)11-15(6)7/h12H,8-11H2,1-7H3. The molecule has 0 rings (SSSR count). The van der Waals surface area contributed by atoms with E-state index >= 15 is 0 Å². The van der Waals surface area contributed by atoms with E-state index in [9.17, 15) is 4.79 Å². The highest BCUT2D eigenvalue weighted by atomic mass is 16.2. The predicted octanol–water partition coefficient (Wildman–Crippen LogP) is 2.75. The molecule has 0 aliphatic heterocycles. The number of hydrogen-bond donors (Lipinski definition) is 0. The molecule has 0 aromatic carbocycles. The Hall–Kier alpha value is -0.570. The molecule has 0 aromatic rings. The van der Waals surface area contributed by atoms with Gasteiger partial charge < -0.3 is 9.80 Å². The Labute approximate surface area is 107 Å². The second-order valence-corrected chi connectivity index (χ2v) is 6.01. The van der Waals surface area contributed by atoms with Gasteiger partial charge in [-0.15, -0.1) is 0 Å². The van der Waals surface area contributed by atoms with Crippen molar-refractivity contribution in [2.24, 2.45) is 0 Å². The molecule has 1 amide bonds. The molecule has 0 bridgehead atoms. The van der Waals surface area contributed by atoms with E-state index in [-0.39, 0.29) is 17.5 Å². The van der Waals surface area contributed by atoms with Crippen LogP contribution in [0.2, 0.25) is 0 Å². The van der Waals surface area contributed by atoms with Crippen LogP contribution in [-0.2, 0) is 4.79 Å². The summed E-state index contributed by atoms with van der Waals surface area (Å²) in [5.41, 5.74) is -0.0444. The van der Waals surface area contributed by atoms with Crippen LogP contribution in [0.15, 0.2) is 0 Å². The monoisotopic (exact) mass is 242 g/mol. The second kappa shape index (κ2) is 7.00. The SMILES string of the molecule is CCCCC(C)(C)N(C(=O)CN(C)C)C(C)C. The molecule has 0 N–H and O–H groups in total. The van der Waals surface area contributed by atoms with Crippen molar-refractivity contribution >= 4 is 5.91 Å². The van der Waals surface area contributed by atoms with Crippen molar-refractivity contribution in [3.63, 3.8) is 0 Å². The van der Waals surface area contributed by atoms with Gasteiger partial charge in [-0.05, 0) is 48.2 Å². The van der Waals surface area contributed by atoms with Gasteiger partial charge >= 0.3 is 0 Å². The number of nitrogens with zero attached hydrogens (tertiary/aromatic N) is 2. The van der Waals surface area contributed by atoms with Crippen LogP contribution in [0, 0.1) is 0 Å². The maximum atomic E-state index is 12.3. The van der Waals surface area contributed by atoms with Crippen molar-refractivity contribution in [1.82, 2.24) is 9.80 Å². The molecule has 0 heterocycles. The van der Waals surface area contributed by atoms with Crippen LogP contribution >= 0.6 is 0 Å². The van der Waals surface area contributed by atoms with E-state index in [1.54, 1.807) is 0 Å². The lowest BCUT2D eigenvalue weighted by Gasteiger charge is -2.42. The van der Waals surface area contributed by atoms with Crippen LogP contribution in [0.25, 0.3) is 0 Å². The zero-order valence-electron chi connectivity index (χ0n) is 12.7. The summed E-state index contributed by atoms with van der Waals surface area (Å²) >= 11 is 0. The number of rotatable bonds is 7. The van der Waals surface area contributed by atoms with Gasteiger partial charge in [-0.25, -0.2) is 0 Å². The Kier molecular flexibility index (Phi) is 6.76. The molecular formula is C14H30N2O. The molecule has 3 nitrogen and oxygen atoms in total. The Morgan fingerprint density at radius 3 is 2.12 bits per heavy atom. The molecule has 0 aromatic heterocycles. The predicted molar refractivity (Wildman–Crippen MR) is 74.1 cm³/mol. The third-order valence-corrected chi connectivity index (χ3v) is 3.03. The molecule has 0 radical (unpaired) electrons. The van der Waals surface area contributed by atoms with Gasteiger partial charge in [0, 0.05) is 11.6 Å². The van der Waals surface area contributed by atoms with E-state index in [4.69, 9.17) is 0 Å². The number of unbranched alkanes of at least 4 members (excludes halogenated alkanes) is 1. The maximum Gasteiger partial charge on any atom is 0.237 e. The molecule has 0 aliphatic rings. The van der Waals surface area contributed by atoms with Gasteiger partial charge in [-0.3, -0.25) is 4.79 Å². The molecule has 0 saturated carbocycles. The van der Waals surface area contributed by atoms with E-state index in [0.29, 0.717) is 6.54 Å². The van der Waals surface area contributed by atoms with E-state index in [1.807, 2.05) is 23.9 Å². The maximum absolute atomic E-state index is 12.3. The van der Waals surface area contributed by atoms with Crippen LogP contribution in [0.5, 0.6) is 0 Å². The first kappa shape index (κ1) is 16.4. The summed E-state index contributed by atoms with van der Waals surface area (Å²) in [6.07, 6.45) is 3.42. The van der Waals surface area contributed by atoms with Crippen molar-refractivity contribution in [2.45, 2.75) is 65.5 Å². The van der Waals surface area contributed by atoms with Crippen molar-refractivity contribution in [2.75, 3.05) is 20.6 Å². The summed E-state index contributed by atoms with van der Waals surface area (Å²) < 4.78 is 0. The van der Waals surface area contributed by atoms with E-state index < -0.39 is 0 Å². The number of hydrogen-bond acceptors (Lipinski definition) is 2. The van der Waals surface area contributed by atoms with Crippen LogP contribution in [0.3, 0.4) is 0 Å². The molecule has 0 atom stereocenters. The van der Waals surface area contributed by atoms with E-state index in [0.717, 1.165) is 6.42 Å². The minimum atomic E-state index is -0.0444. The van der Waals surface area contributed by atoms with E-state index in [2.05, 4.69) is 34.6 Å². The third kappa shape index (κ3) is 5.53. The molecule has 3 heteroatoms. The van der Waals surface area contributed by atoms with Gasteiger partial charge in [0.15, 0.2) is 0 Å². The fraction of sp³-hybridized carbons (Fsp3) is 0.929. The summed E-state index contributed by atoms with van der Waals surface area (Å²) in [7, 11) is 3.88. The first-order valence-corrected chi connectivity index (χ1v) is 6.69. The molecule has 17 heavy (non-hydrogen) atoms. The number of carbonyl (C=O) groups excluding carboxylic acids is 1. The van der Waals surface area contributed by atoms with Crippen molar-refractivity contribution in [3.8, 4) is 0 Å². The lowest BCUT2D eigenvalue weighted by Crippen LogP contribution is -2.53. The van der Waals surface area contributed by atoms with Gasteiger partial charge in [0.05, 0.1) is 6.54 Å². The highest BCUT2D eigenvalue weighted by Crippen LogP contribution is 2.24. The normalized spacial score (nSPS) is 12.3. The Balaban J connectivity index is 4.76. The molecule has 0 unspecified atom stereocenters. The largest absolute Gasteiger partial charge is 0.334 e. The summed E-state index contributed by atoms with van der Waals surface area (Å²) in [5.74, 6) is 0.228. The minimum Gasteiger partial charge on any atom is -0.334 e. The summed E-state index contributed by atoms with van der Waals surface area (Å²) in [5, 5.41) is 0. The summed E-state index contributed by atoms with van der Waals surface area (Å²) in [6, 6.07) is 0.259. The van der Waals surface area contributed by atoms with Crippen molar-refractivity contribution in [3.05, 3.63) is 0 Å². The molecule has 102 valence electrons. The van der Waals surface area contributed by atoms with Crippen LogP contribution in [-0.4, -0.2) is 47.9 Å². The van der Waals surface area contributed by atoms with Gasteiger partial charge in [-0.1, -0.05) is 19.8 Å². The van der Waals surface area contributed by atoms with Crippen molar-refractivity contribution < 1.29 is 4.79 Å².